The van der Waals surface area contributed by atoms with Gasteiger partial charge >= 0.3 is 0 Å². The molecule has 0 spiro atoms. The Morgan fingerprint density at radius 3 is 2.40 bits per heavy atom. The van der Waals surface area contributed by atoms with E-state index in [2.05, 4.69) is 16.2 Å². The van der Waals surface area contributed by atoms with Gasteiger partial charge in [-0.3, -0.25) is 25.8 Å². The van der Waals surface area contributed by atoms with Crippen LogP contribution in [0.5, 0.6) is 0 Å². The van der Waals surface area contributed by atoms with Gasteiger partial charge in [0.25, 0.3) is 5.69 Å². The number of nitro benzene ring substituents is 1. The van der Waals surface area contributed by atoms with Crippen molar-refractivity contribution >= 4 is 46.4 Å². The van der Waals surface area contributed by atoms with Crippen LogP contribution in [0.4, 0.5) is 11.4 Å². The molecule has 0 saturated heterocycles. The van der Waals surface area contributed by atoms with E-state index in [1.54, 1.807) is 0 Å². The number of hydrogen-bond donors (Lipinski definition) is 3. The van der Waals surface area contributed by atoms with Crippen molar-refractivity contribution in [2.45, 2.75) is 5.75 Å². The zero-order chi connectivity index (χ0) is 18.1. The summed E-state index contributed by atoms with van der Waals surface area (Å²) in [6.45, 7) is 0. The van der Waals surface area contributed by atoms with E-state index in [0.717, 1.165) is 11.3 Å². The van der Waals surface area contributed by atoms with Crippen LogP contribution < -0.4 is 16.2 Å². The van der Waals surface area contributed by atoms with Gasteiger partial charge in [-0.2, -0.15) is 0 Å². The van der Waals surface area contributed by atoms with Crippen molar-refractivity contribution in [3.8, 4) is 0 Å². The Hall–Kier alpha value is -2.65. The molecule has 2 aromatic carbocycles. The lowest BCUT2D eigenvalue weighted by molar-refractivity contribution is -0.384. The van der Waals surface area contributed by atoms with Crippen LogP contribution in [-0.4, -0.2) is 21.7 Å². The summed E-state index contributed by atoms with van der Waals surface area (Å²) in [6, 6.07) is 15.7. The first kappa shape index (κ1) is 18.7. The molecule has 0 fully saturated rings. The zero-order valence-electron chi connectivity index (χ0n) is 13.1. The highest BCUT2D eigenvalue weighted by Gasteiger charge is 2.06. The summed E-state index contributed by atoms with van der Waals surface area (Å²) in [4.78, 5) is 21.9. The second-order valence-corrected chi connectivity index (χ2v) is 6.30. The number of carbonyl (C=O) groups excluding carboxylic acids is 1. The van der Waals surface area contributed by atoms with Crippen molar-refractivity contribution in [3.05, 3.63) is 70.3 Å². The number of rotatable bonds is 6. The minimum Gasteiger partial charge on any atom is -0.331 e. The van der Waals surface area contributed by atoms with Crippen molar-refractivity contribution < 1.29 is 9.72 Å². The first-order chi connectivity index (χ1) is 12.0. The highest BCUT2D eigenvalue weighted by atomic mass is 32.2. The van der Waals surface area contributed by atoms with E-state index in [1.807, 2.05) is 30.3 Å². The summed E-state index contributed by atoms with van der Waals surface area (Å²) < 4.78 is 0. The Balaban J connectivity index is 1.66. The highest BCUT2D eigenvalue weighted by molar-refractivity contribution is 7.99. The topological polar surface area (TPSA) is 96.3 Å². The van der Waals surface area contributed by atoms with Gasteiger partial charge in [-0.1, -0.05) is 30.3 Å². The molecule has 0 unspecified atom stereocenters. The van der Waals surface area contributed by atoms with Crippen molar-refractivity contribution in [2.24, 2.45) is 0 Å². The van der Waals surface area contributed by atoms with E-state index in [1.165, 1.54) is 36.0 Å². The lowest BCUT2D eigenvalue weighted by Crippen LogP contribution is -2.44. The van der Waals surface area contributed by atoms with E-state index < -0.39 is 4.92 Å². The quantitative estimate of drug-likeness (QED) is 0.405. The zero-order valence-corrected chi connectivity index (χ0v) is 14.7. The predicted octanol–water partition coefficient (Wildman–Crippen LogP) is 2.85. The molecular weight excluding hydrogens is 360 g/mol. The molecule has 0 heterocycles. The second-order valence-electron chi connectivity index (χ2n) is 4.91. The fourth-order valence-electron chi connectivity index (χ4n) is 1.83. The number of nitrogens with one attached hydrogen (secondary N) is 3. The van der Waals surface area contributed by atoms with Crippen molar-refractivity contribution in [3.63, 3.8) is 0 Å². The fraction of sp³-hybridized carbons (Fsp3) is 0.125. The molecule has 7 nitrogen and oxygen atoms in total. The average molecular weight is 376 g/mol. The van der Waals surface area contributed by atoms with Crippen LogP contribution in [0.15, 0.2) is 54.6 Å². The summed E-state index contributed by atoms with van der Waals surface area (Å²) in [5.41, 5.74) is 6.82. The Labute approximate surface area is 154 Å². The third-order valence-electron chi connectivity index (χ3n) is 3.00. The highest BCUT2D eigenvalue weighted by Crippen LogP contribution is 2.15. The normalized spacial score (nSPS) is 9.92. The number of anilines is 1. The van der Waals surface area contributed by atoms with E-state index in [0.29, 0.717) is 11.4 Å². The van der Waals surface area contributed by atoms with E-state index in [4.69, 9.17) is 12.2 Å². The van der Waals surface area contributed by atoms with Crippen LogP contribution in [-0.2, 0) is 10.5 Å². The molecule has 2 rings (SSSR count). The monoisotopic (exact) mass is 376 g/mol. The standard InChI is InChI=1S/C16H16N4O3S2/c21-15(11-25-10-12-4-2-1-3-5-12)18-19-16(24)17-13-6-8-14(9-7-13)20(22)23/h1-9H,10-11H2,(H,18,21)(H2,17,19,24). The molecular formula is C16H16N4O3S2. The van der Waals surface area contributed by atoms with Crippen LogP contribution in [0.25, 0.3) is 0 Å². The lowest BCUT2D eigenvalue weighted by atomic mass is 10.2. The van der Waals surface area contributed by atoms with Gasteiger partial charge < -0.3 is 5.32 Å². The number of non-ortho nitro benzene ring substituents is 1. The summed E-state index contributed by atoms with van der Waals surface area (Å²) in [5, 5.41) is 13.6. The van der Waals surface area contributed by atoms with Crippen LogP contribution in [0.1, 0.15) is 5.56 Å². The van der Waals surface area contributed by atoms with Gasteiger partial charge in [0.15, 0.2) is 5.11 Å². The number of benzene rings is 2. The minimum atomic E-state index is -0.478. The van der Waals surface area contributed by atoms with Crippen molar-refractivity contribution in [1.82, 2.24) is 10.9 Å². The smallest absolute Gasteiger partial charge is 0.269 e. The minimum absolute atomic E-state index is 0.00632. The molecule has 3 N–H and O–H groups in total. The van der Waals surface area contributed by atoms with Gasteiger partial charge in [-0.15, -0.1) is 11.8 Å². The first-order valence-corrected chi connectivity index (χ1v) is 8.83. The van der Waals surface area contributed by atoms with Gasteiger partial charge in [0.2, 0.25) is 5.91 Å². The summed E-state index contributed by atoms with van der Waals surface area (Å²) in [7, 11) is 0. The number of nitrogens with zero attached hydrogens (tertiary/aromatic N) is 1. The third-order valence-corrected chi connectivity index (χ3v) is 4.20. The molecule has 1 amide bonds. The molecule has 0 aromatic heterocycles. The maximum atomic E-state index is 11.8. The van der Waals surface area contributed by atoms with Gasteiger partial charge in [0.1, 0.15) is 0 Å². The molecule has 130 valence electrons. The number of thiocarbonyl (C=S) groups is 1. The molecule has 0 aliphatic carbocycles. The predicted molar refractivity (Wildman–Crippen MR) is 103 cm³/mol. The number of hydrazine groups is 1. The van der Waals surface area contributed by atoms with E-state index in [-0.39, 0.29) is 16.7 Å². The number of hydrogen-bond acceptors (Lipinski definition) is 5. The second kappa shape index (κ2) is 9.60. The van der Waals surface area contributed by atoms with Crippen molar-refractivity contribution in [1.29, 1.82) is 0 Å². The Bertz CT molecular complexity index is 739. The van der Waals surface area contributed by atoms with Crippen LogP contribution in [0.3, 0.4) is 0 Å². The molecule has 2 aromatic rings. The number of thioether (sulfide) groups is 1. The maximum absolute atomic E-state index is 11.8. The summed E-state index contributed by atoms with van der Waals surface area (Å²) in [6.07, 6.45) is 0. The number of nitro groups is 1. The third kappa shape index (κ3) is 6.77. The molecule has 0 aliphatic heterocycles. The number of carbonyl (C=O) groups is 1. The van der Waals surface area contributed by atoms with Gasteiger partial charge in [-0.25, -0.2) is 0 Å². The molecule has 0 radical (unpaired) electrons. The van der Waals surface area contributed by atoms with Gasteiger partial charge in [-0.05, 0) is 29.9 Å². The molecule has 0 aliphatic rings. The lowest BCUT2D eigenvalue weighted by Gasteiger charge is -2.11. The van der Waals surface area contributed by atoms with E-state index in [9.17, 15) is 14.9 Å². The Morgan fingerprint density at radius 2 is 1.76 bits per heavy atom. The van der Waals surface area contributed by atoms with E-state index >= 15 is 0 Å². The Morgan fingerprint density at radius 1 is 1.08 bits per heavy atom. The van der Waals surface area contributed by atoms with Crippen LogP contribution in [0, 0.1) is 10.1 Å². The molecule has 9 heteroatoms. The van der Waals surface area contributed by atoms with Crippen LogP contribution in [0.2, 0.25) is 0 Å². The van der Waals surface area contributed by atoms with Gasteiger partial charge in [0, 0.05) is 23.6 Å². The molecule has 0 saturated carbocycles. The number of amides is 1. The van der Waals surface area contributed by atoms with Gasteiger partial charge in [0.05, 0.1) is 10.7 Å². The fourth-order valence-corrected chi connectivity index (χ4v) is 2.78. The van der Waals surface area contributed by atoms with Crippen LogP contribution >= 0.6 is 24.0 Å². The molecule has 25 heavy (non-hydrogen) atoms. The Kier molecular flexibility index (Phi) is 7.17. The summed E-state index contributed by atoms with van der Waals surface area (Å²) >= 11 is 6.55. The largest absolute Gasteiger partial charge is 0.331 e. The maximum Gasteiger partial charge on any atom is 0.269 e. The SMILES string of the molecule is O=C(CSCc1ccccc1)NNC(=S)Nc1ccc([N+](=O)[O-])cc1. The first-order valence-electron chi connectivity index (χ1n) is 7.26. The summed E-state index contributed by atoms with van der Waals surface area (Å²) in [5.74, 6) is 0.843. The molecule has 0 bridgehead atoms. The van der Waals surface area contributed by atoms with Crippen molar-refractivity contribution in [2.75, 3.05) is 11.1 Å². The average Bonchev–Trinajstić information content (AvgIpc) is 2.61. The molecule has 0 atom stereocenters.